The van der Waals surface area contributed by atoms with E-state index in [-0.39, 0.29) is 12.0 Å². The molecular weight excluding hydrogens is 212 g/mol. The molecule has 0 aliphatic carbocycles. The van der Waals surface area contributed by atoms with Crippen molar-refractivity contribution in [2.75, 3.05) is 13.2 Å². The first kappa shape index (κ1) is 14.1. The van der Waals surface area contributed by atoms with Crippen molar-refractivity contribution in [3.63, 3.8) is 0 Å². The van der Waals surface area contributed by atoms with Gasteiger partial charge in [0.05, 0.1) is 5.69 Å². The number of hydrogen-bond acceptors (Lipinski definition) is 3. The van der Waals surface area contributed by atoms with Gasteiger partial charge < -0.3 is 10.4 Å². The molecule has 0 amide bonds. The topological polar surface area (TPSA) is 45.1 Å². The fourth-order valence-corrected chi connectivity index (χ4v) is 1.93. The van der Waals surface area contributed by atoms with Crippen LogP contribution in [-0.2, 0) is 6.54 Å². The van der Waals surface area contributed by atoms with Crippen LogP contribution in [0, 0.1) is 12.3 Å². The second-order valence-electron chi connectivity index (χ2n) is 4.74. The zero-order chi connectivity index (χ0) is 12.7. The van der Waals surface area contributed by atoms with Crippen LogP contribution in [0.3, 0.4) is 0 Å². The third kappa shape index (κ3) is 3.79. The highest BCUT2D eigenvalue weighted by Crippen LogP contribution is 2.24. The summed E-state index contributed by atoms with van der Waals surface area (Å²) in [7, 11) is 0. The molecule has 0 aliphatic rings. The average Bonchev–Trinajstić information content (AvgIpc) is 2.37. The lowest BCUT2D eigenvalue weighted by atomic mass is 9.83. The van der Waals surface area contributed by atoms with Gasteiger partial charge in [0.1, 0.15) is 0 Å². The van der Waals surface area contributed by atoms with E-state index in [2.05, 4.69) is 37.1 Å². The Morgan fingerprint density at radius 2 is 2.06 bits per heavy atom. The van der Waals surface area contributed by atoms with Gasteiger partial charge in [0.25, 0.3) is 0 Å². The predicted octanol–water partition coefficient (Wildman–Crippen LogP) is 2.28. The molecule has 0 saturated heterocycles. The number of nitrogens with one attached hydrogen (secondary N) is 1. The molecule has 0 fully saturated rings. The van der Waals surface area contributed by atoms with E-state index < -0.39 is 0 Å². The third-order valence-corrected chi connectivity index (χ3v) is 3.75. The Balaban J connectivity index is 2.49. The molecular formula is C14H24N2O. The Hall–Kier alpha value is -0.930. The Labute approximate surface area is 104 Å². The van der Waals surface area contributed by atoms with Gasteiger partial charge in [-0.2, -0.15) is 0 Å². The Kier molecular flexibility index (Phi) is 5.59. The summed E-state index contributed by atoms with van der Waals surface area (Å²) >= 11 is 0. The van der Waals surface area contributed by atoms with Crippen molar-refractivity contribution in [2.45, 2.75) is 40.2 Å². The molecule has 0 aliphatic heterocycles. The van der Waals surface area contributed by atoms with Crippen LogP contribution in [0.25, 0.3) is 0 Å². The first-order chi connectivity index (χ1) is 8.17. The maximum atomic E-state index is 9.47. The van der Waals surface area contributed by atoms with Crippen LogP contribution in [0.2, 0.25) is 0 Å². The van der Waals surface area contributed by atoms with Crippen LogP contribution >= 0.6 is 0 Å². The van der Waals surface area contributed by atoms with E-state index in [9.17, 15) is 5.11 Å². The largest absolute Gasteiger partial charge is 0.396 e. The number of aromatic nitrogens is 1. The number of pyridine rings is 1. The molecule has 0 atom stereocenters. The SMILES string of the molecule is CCC(CC)(CO)CNCc1ncccc1C. The normalized spacial score (nSPS) is 11.8. The molecule has 96 valence electrons. The summed E-state index contributed by atoms with van der Waals surface area (Å²) in [5.74, 6) is 0. The van der Waals surface area contributed by atoms with E-state index >= 15 is 0 Å². The quantitative estimate of drug-likeness (QED) is 0.763. The number of aliphatic hydroxyl groups excluding tert-OH is 1. The zero-order valence-electron chi connectivity index (χ0n) is 11.2. The second kappa shape index (κ2) is 6.72. The first-order valence-electron chi connectivity index (χ1n) is 6.39. The molecule has 0 bridgehead atoms. The number of aryl methyl sites for hydroxylation is 1. The minimum atomic E-state index is 0.0166. The monoisotopic (exact) mass is 236 g/mol. The highest BCUT2D eigenvalue weighted by Gasteiger charge is 2.24. The van der Waals surface area contributed by atoms with Crippen molar-refractivity contribution in [1.29, 1.82) is 0 Å². The summed E-state index contributed by atoms with van der Waals surface area (Å²) in [4.78, 5) is 4.35. The van der Waals surface area contributed by atoms with Crippen molar-refractivity contribution < 1.29 is 5.11 Å². The van der Waals surface area contributed by atoms with Crippen molar-refractivity contribution >= 4 is 0 Å². The van der Waals surface area contributed by atoms with E-state index in [0.717, 1.165) is 31.6 Å². The van der Waals surface area contributed by atoms with Crippen molar-refractivity contribution in [2.24, 2.45) is 5.41 Å². The maximum Gasteiger partial charge on any atom is 0.0570 e. The Bertz CT molecular complexity index is 326. The van der Waals surface area contributed by atoms with Crippen LogP contribution in [-0.4, -0.2) is 23.2 Å². The lowest BCUT2D eigenvalue weighted by molar-refractivity contribution is 0.113. The van der Waals surface area contributed by atoms with E-state index in [0.29, 0.717) is 0 Å². The molecule has 1 aromatic heterocycles. The second-order valence-corrected chi connectivity index (χ2v) is 4.74. The highest BCUT2D eigenvalue weighted by molar-refractivity contribution is 5.17. The minimum absolute atomic E-state index is 0.0166. The van der Waals surface area contributed by atoms with Crippen molar-refractivity contribution in [3.05, 3.63) is 29.6 Å². The Morgan fingerprint density at radius 3 is 2.59 bits per heavy atom. The molecule has 1 heterocycles. The fraction of sp³-hybridized carbons (Fsp3) is 0.643. The van der Waals surface area contributed by atoms with E-state index in [1.807, 2.05) is 12.3 Å². The van der Waals surface area contributed by atoms with Crippen LogP contribution in [0.1, 0.15) is 37.9 Å². The summed E-state index contributed by atoms with van der Waals surface area (Å²) in [6.45, 7) is 8.19. The third-order valence-electron chi connectivity index (χ3n) is 3.75. The predicted molar refractivity (Wildman–Crippen MR) is 70.8 cm³/mol. The van der Waals surface area contributed by atoms with E-state index in [1.54, 1.807) is 0 Å². The summed E-state index contributed by atoms with van der Waals surface area (Å²) in [5, 5.41) is 12.9. The van der Waals surface area contributed by atoms with Crippen LogP contribution in [0.15, 0.2) is 18.3 Å². The van der Waals surface area contributed by atoms with Crippen LogP contribution < -0.4 is 5.32 Å². The molecule has 0 aromatic carbocycles. The highest BCUT2D eigenvalue weighted by atomic mass is 16.3. The van der Waals surface area contributed by atoms with Gasteiger partial charge in [-0.15, -0.1) is 0 Å². The zero-order valence-corrected chi connectivity index (χ0v) is 11.2. The molecule has 2 N–H and O–H groups in total. The average molecular weight is 236 g/mol. The minimum Gasteiger partial charge on any atom is -0.396 e. The van der Waals surface area contributed by atoms with Gasteiger partial charge in [-0.25, -0.2) is 0 Å². The molecule has 3 nitrogen and oxygen atoms in total. The molecule has 0 spiro atoms. The summed E-state index contributed by atoms with van der Waals surface area (Å²) < 4.78 is 0. The van der Waals surface area contributed by atoms with Gasteiger partial charge in [-0.05, 0) is 31.4 Å². The molecule has 1 rings (SSSR count). The first-order valence-corrected chi connectivity index (χ1v) is 6.39. The molecule has 17 heavy (non-hydrogen) atoms. The molecule has 0 unspecified atom stereocenters. The lowest BCUT2D eigenvalue weighted by Crippen LogP contribution is -2.36. The summed E-state index contributed by atoms with van der Waals surface area (Å²) in [6, 6.07) is 4.03. The maximum absolute atomic E-state index is 9.47. The van der Waals surface area contributed by atoms with E-state index in [4.69, 9.17) is 0 Å². The van der Waals surface area contributed by atoms with Gasteiger partial charge in [0.15, 0.2) is 0 Å². The molecule has 0 saturated carbocycles. The van der Waals surface area contributed by atoms with Gasteiger partial charge in [0, 0.05) is 31.3 Å². The molecule has 1 aromatic rings. The van der Waals surface area contributed by atoms with Gasteiger partial charge in [-0.3, -0.25) is 4.98 Å². The smallest absolute Gasteiger partial charge is 0.0570 e. The molecule has 0 radical (unpaired) electrons. The lowest BCUT2D eigenvalue weighted by Gasteiger charge is -2.29. The van der Waals surface area contributed by atoms with Crippen LogP contribution in [0.4, 0.5) is 0 Å². The summed E-state index contributed by atoms with van der Waals surface area (Å²) in [6.07, 6.45) is 3.81. The number of aliphatic hydroxyl groups is 1. The number of hydrogen-bond donors (Lipinski definition) is 2. The van der Waals surface area contributed by atoms with Crippen molar-refractivity contribution in [3.8, 4) is 0 Å². The number of rotatable bonds is 7. The van der Waals surface area contributed by atoms with Gasteiger partial charge >= 0.3 is 0 Å². The van der Waals surface area contributed by atoms with E-state index in [1.165, 1.54) is 5.56 Å². The van der Waals surface area contributed by atoms with Crippen LogP contribution in [0.5, 0.6) is 0 Å². The standard InChI is InChI=1S/C14H24N2O/c1-4-14(5-2,11-17)10-15-9-13-12(3)7-6-8-16-13/h6-8,15,17H,4-5,9-11H2,1-3H3. The van der Waals surface area contributed by atoms with Gasteiger partial charge in [0.2, 0.25) is 0 Å². The van der Waals surface area contributed by atoms with Gasteiger partial charge in [-0.1, -0.05) is 19.9 Å². The number of nitrogens with zero attached hydrogens (tertiary/aromatic N) is 1. The fourth-order valence-electron chi connectivity index (χ4n) is 1.93. The Morgan fingerprint density at radius 1 is 1.35 bits per heavy atom. The summed E-state index contributed by atoms with van der Waals surface area (Å²) in [5.41, 5.74) is 2.32. The molecule has 3 heteroatoms. The van der Waals surface area contributed by atoms with Crippen molar-refractivity contribution in [1.82, 2.24) is 10.3 Å².